The number of aliphatic hydroxyl groups excluding tert-OH is 3. The summed E-state index contributed by atoms with van der Waals surface area (Å²) in [4.78, 5) is 28.7. The van der Waals surface area contributed by atoms with Crippen molar-refractivity contribution in [3.8, 4) is 5.75 Å². The van der Waals surface area contributed by atoms with Gasteiger partial charge in [-0.1, -0.05) is 23.2 Å². The Kier molecular flexibility index (Phi) is 9.47. The molecule has 1 aromatic carbocycles. The fraction of sp³-hybridized carbons (Fsp3) is 0.435. The van der Waals surface area contributed by atoms with Crippen molar-refractivity contribution in [3.05, 3.63) is 56.8 Å². The number of methoxy groups -OCH3 is 2. The molecule has 3 rings (SSSR count). The quantitative estimate of drug-likeness (QED) is 0.356. The number of aliphatic hydroxyl groups is 3. The van der Waals surface area contributed by atoms with Crippen LogP contribution in [0.1, 0.15) is 32.0 Å². The third kappa shape index (κ3) is 5.89. The molecule has 0 bridgehead atoms. The largest absolute Gasteiger partial charge is 0.484 e. The number of ether oxygens (including phenoxy) is 4. The zero-order valence-corrected chi connectivity index (χ0v) is 21.1. The van der Waals surface area contributed by atoms with E-state index in [1.165, 1.54) is 32.5 Å². The van der Waals surface area contributed by atoms with E-state index in [9.17, 15) is 24.9 Å². The van der Waals surface area contributed by atoms with Crippen LogP contribution in [0.25, 0.3) is 0 Å². The number of nitrogens with zero attached hydrogens (tertiary/aromatic N) is 1. The molecule has 196 valence electrons. The summed E-state index contributed by atoms with van der Waals surface area (Å²) < 4.78 is 20.9. The summed E-state index contributed by atoms with van der Waals surface area (Å²) in [6.07, 6.45) is -3.78. The topological polar surface area (TPSA) is 157 Å². The number of hydrogen-bond acceptors (Lipinski definition) is 10. The monoisotopic (exact) mass is 544 g/mol. The summed E-state index contributed by atoms with van der Waals surface area (Å²) in [5.74, 6) is -1.05. The van der Waals surface area contributed by atoms with Crippen LogP contribution in [0, 0.1) is 6.92 Å². The summed E-state index contributed by atoms with van der Waals surface area (Å²) in [5, 5.41) is 32.6. The Morgan fingerprint density at radius 3 is 2.50 bits per heavy atom. The zero-order valence-electron chi connectivity index (χ0n) is 19.6. The lowest BCUT2D eigenvalue weighted by Crippen LogP contribution is -2.64. The van der Waals surface area contributed by atoms with Crippen molar-refractivity contribution in [2.45, 2.75) is 44.2 Å². The molecule has 13 heteroatoms. The Balaban J connectivity index is 1.75. The van der Waals surface area contributed by atoms with Crippen LogP contribution in [-0.4, -0.2) is 83.7 Å². The number of esters is 1. The van der Waals surface area contributed by atoms with E-state index in [0.717, 1.165) is 0 Å². The molecule has 1 aliphatic rings. The number of aromatic nitrogens is 1. The Morgan fingerprint density at radius 2 is 1.92 bits per heavy atom. The standard InChI is InChI=1S/C23H26Cl2N2O9/c1-10-13(21(31)27-17-19(30)18(29)15(8-28)36-23(17)34-3)6-14(24)20(16(10)25)35-9-12-5-4-11(7-26-12)22(32)33-2/h4-7,15,17-19,23,28-30H,8-9H2,1-3H3,(H,27,31)/t15-,17-,18-,19-,23+/m1/s1. The first-order chi connectivity index (χ1) is 17.1. The molecule has 0 aliphatic carbocycles. The molecule has 1 amide bonds. The summed E-state index contributed by atoms with van der Waals surface area (Å²) in [5.41, 5.74) is 1.22. The molecule has 1 fully saturated rings. The van der Waals surface area contributed by atoms with Crippen molar-refractivity contribution >= 4 is 35.1 Å². The van der Waals surface area contributed by atoms with Crippen LogP contribution >= 0.6 is 23.2 Å². The molecule has 0 unspecified atom stereocenters. The highest BCUT2D eigenvalue weighted by atomic mass is 35.5. The Bertz CT molecular complexity index is 1100. The van der Waals surface area contributed by atoms with Crippen molar-refractivity contribution in [1.29, 1.82) is 0 Å². The van der Waals surface area contributed by atoms with Crippen LogP contribution in [-0.2, 0) is 20.8 Å². The second kappa shape index (κ2) is 12.2. The van der Waals surface area contributed by atoms with Crippen LogP contribution in [0.15, 0.2) is 24.4 Å². The Labute approximate surface area is 216 Å². The molecule has 0 radical (unpaired) electrons. The highest BCUT2D eigenvalue weighted by Gasteiger charge is 2.45. The van der Waals surface area contributed by atoms with Gasteiger partial charge in [0.05, 0.1) is 35.0 Å². The van der Waals surface area contributed by atoms with Crippen molar-refractivity contribution in [3.63, 3.8) is 0 Å². The molecule has 1 aliphatic heterocycles. The first-order valence-corrected chi connectivity index (χ1v) is 11.5. The second-order valence-corrected chi connectivity index (χ2v) is 8.72. The molecule has 5 atom stereocenters. The van der Waals surface area contributed by atoms with Crippen LogP contribution in [0.3, 0.4) is 0 Å². The summed E-state index contributed by atoms with van der Waals surface area (Å²) in [6, 6.07) is 3.33. The molecule has 0 saturated carbocycles. The van der Waals surface area contributed by atoms with Gasteiger partial charge in [-0.2, -0.15) is 0 Å². The minimum Gasteiger partial charge on any atom is -0.484 e. The van der Waals surface area contributed by atoms with Gasteiger partial charge < -0.3 is 39.6 Å². The first-order valence-electron chi connectivity index (χ1n) is 10.7. The summed E-state index contributed by atoms with van der Waals surface area (Å²) in [6.45, 7) is 1.02. The maximum Gasteiger partial charge on any atom is 0.339 e. The number of benzene rings is 1. The van der Waals surface area contributed by atoms with Gasteiger partial charge in [-0.3, -0.25) is 9.78 Å². The van der Waals surface area contributed by atoms with Crippen LogP contribution in [0.5, 0.6) is 5.75 Å². The van der Waals surface area contributed by atoms with Crippen molar-refractivity contribution in [1.82, 2.24) is 10.3 Å². The molecule has 2 heterocycles. The lowest BCUT2D eigenvalue weighted by atomic mass is 9.96. The van der Waals surface area contributed by atoms with Gasteiger partial charge in [-0.15, -0.1) is 0 Å². The van der Waals surface area contributed by atoms with Gasteiger partial charge >= 0.3 is 5.97 Å². The number of carbonyl (C=O) groups excluding carboxylic acids is 2. The van der Waals surface area contributed by atoms with E-state index < -0.39 is 49.1 Å². The molecular formula is C23H26Cl2N2O9. The average Bonchev–Trinajstić information content (AvgIpc) is 2.88. The van der Waals surface area contributed by atoms with Gasteiger partial charge in [-0.05, 0) is 30.7 Å². The highest BCUT2D eigenvalue weighted by Crippen LogP contribution is 2.38. The molecule has 1 saturated heterocycles. The normalized spacial score (nSPS) is 23.7. The molecule has 1 aromatic heterocycles. The number of hydrogen-bond donors (Lipinski definition) is 4. The van der Waals surface area contributed by atoms with Crippen LogP contribution in [0.2, 0.25) is 10.0 Å². The van der Waals surface area contributed by atoms with Crippen LogP contribution in [0.4, 0.5) is 0 Å². The maximum atomic E-state index is 13.0. The van der Waals surface area contributed by atoms with Gasteiger partial charge in [0, 0.05) is 18.9 Å². The van der Waals surface area contributed by atoms with E-state index in [1.54, 1.807) is 13.0 Å². The van der Waals surface area contributed by atoms with E-state index in [1.807, 2.05) is 0 Å². The van der Waals surface area contributed by atoms with E-state index in [0.29, 0.717) is 11.3 Å². The van der Waals surface area contributed by atoms with Gasteiger partial charge in [0.1, 0.15) is 31.0 Å². The molecule has 0 spiro atoms. The van der Waals surface area contributed by atoms with Gasteiger partial charge in [-0.25, -0.2) is 4.79 Å². The van der Waals surface area contributed by atoms with E-state index in [4.69, 9.17) is 37.4 Å². The summed E-state index contributed by atoms with van der Waals surface area (Å²) in [7, 11) is 2.57. The molecule has 36 heavy (non-hydrogen) atoms. The van der Waals surface area contributed by atoms with E-state index in [-0.39, 0.29) is 33.5 Å². The third-order valence-electron chi connectivity index (χ3n) is 5.69. The number of amides is 1. The van der Waals surface area contributed by atoms with E-state index >= 15 is 0 Å². The fourth-order valence-corrected chi connectivity index (χ4v) is 4.19. The Hall–Kier alpha value is -2.51. The lowest BCUT2D eigenvalue weighted by Gasteiger charge is -2.41. The third-order valence-corrected chi connectivity index (χ3v) is 6.42. The Morgan fingerprint density at radius 1 is 1.19 bits per heavy atom. The number of carbonyl (C=O) groups is 2. The maximum absolute atomic E-state index is 13.0. The van der Waals surface area contributed by atoms with Gasteiger partial charge in [0.2, 0.25) is 0 Å². The number of rotatable bonds is 8. The predicted molar refractivity (Wildman–Crippen MR) is 127 cm³/mol. The zero-order chi connectivity index (χ0) is 26.6. The van der Waals surface area contributed by atoms with E-state index in [2.05, 4.69) is 15.0 Å². The second-order valence-electron chi connectivity index (χ2n) is 7.93. The minimum atomic E-state index is -1.48. The molecule has 2 aromatic rings. The predicted octanol–water partition coefficient (Wildman–Crippen LogP) is 1.25. The van der Waals surface area contributed by atoms with Gasteiger partial charge in [0.15, 0.2) is 12.0 Å². The lowest BCUT2D eigenvalue weighted by molar-refractivity contribution is -0.261. The average molecular weight is 545 g/mol. The molecular weight excluding hydrogens is 519 g/mol. The highest BCUT2D eigenvalue weighted by molar-refractivity contribution is 6.38. The minimum absolute atomic E-state index is 0.0170. The van der Waals surface area contributed by atoms with Gasteiger partial charge in [0.25, 0.3) is 5.91 Å². The van der Waals surface area contributed by atoms with Crippen LogP contribution < -0.4 is 10.1 Å². The molecule has 4 N–H and O–H groups in total. The summed E-state index contributed by atoms with van der Waals surface area (Å²) >= 11 is 12.8. The number of pyridine rings is 1. The first kappa shape index (κ1) is 28.1. The van der Waals surface area contributed by atoms with Crippen molar-refractivity contribution < 1.29 is 43.9 Å². The smallest absolute Gasteiger partial charge is 0.339 e. The number of nitrogens with one attached hydrogen (secondary N) is 1. The SMILES string of the molecule is COC(=O)c1ccc(COc2c(Cl)cc(C(=O)N[C@H]3[C@@H](OC)O[C@H](CO)[C@@H](O)[C@@H]3O)c(C)c2Cl)nc1. The van der Waals surface area contributed by atoms with Crippen molar-refractivity contribution in [2.24, 2.45) is 0 Å². The molecule has 11 nitrogen and oxygen atoms in total. The van der Waals surface area contributed by atoms with Crippen molar-refractivity contribution in [2.75, 3.05) is 20.8 Å². The fourth-order valence-electron chi connectivity index (χ4n) is 3.62. The number of halogens is 2.